The second-order valence-corrected chi connectivity index (χ2v) is 8.98. The van der Waals surface area contributed by atoms with Gasteiger partial charge in [0.1, 0.15) is 5.82 Å². The Morgan fingerprint density at radius 1 is 0.867 bits per heavy atom. The van der Waals surface area contributed by atoms with Crippen LogP contribution < -0.4 is 0 Å². The van der Waals surface area contributed by atoms with E-state index in [0.717, 1.165) is 30.7 Å². The first kappa shape index (κ1) is 22.9. The minimum atomic E-state index is -2.83. The molecule has 0 atom stereocenters. The van der Waals surface area contributed by atoms with Crippen LogP contribution >= 0.6 is 0 Å². The summed E-state index contributed by atoms with van der Waals surface area (Å²) in [6, 6.07) is 11.6. The Labute approximate surface area is 179 Å². The highest BCUT2D eigenvalue weighted by molar-refractivity contribution is 5.65. The number of hydrogen-bond donors (Lipinski definition) is 0. The molecule has 1 aliphatic rings. The molecule has 0 aromatic heterocycles. The molecule has 30 heavy (non-hydrogen) atoms. The average molecular weight is 417 g/mol. The number of halogens is 3. The Morgan fingerprint density at radius 2 is 1.53 bits per heavy atom. The summed E-state index contributed by atoms with van der Waals surface area (Å²) in [4.78, 5) is 0. The quantitative estimate of drug-likeness (QED) is 0.382. The lowest BCUT2D eigenvalue weighted by Crippen LogP contribution is -2.13. The van der Waals surface area contributed by atoms with Crippen LogP contribution in [0.2, 0.25) is 0 Å². The van der Waals surface area contributed by atoms with Crippen LogP contribution in [-0.2, 0) is 5.92 Å². The Hall–Kier alpha value is -1.77. The van der Waals surface area contributed by atoms with E-state index in [4.69, 9.17) is 0 Å². The van der Waals surface area contributed by atoms with Crippen LogP contribution in [0.1, 0.15) is 95.1 Å². The fourth-order valence-corrected chi connectivity index (χ4v) is 4.73. The molecule has 0 spiro atoms. The molecule has 1 saturated carbocycles. The van der Waals surface area contributed by atoms with E-state index in [0.29, 0.717) is 23.5 Å². The molecular weight excluding hydrogens is 381 g/mol. The average Bonchev–Trinajstić information content (AvgIpc) is 2.77. The molecule has 3 heteroatoms. The van der Waals surface area contributed by atoms with E-state index in [-0.39, 0.29) is 17.8 Å². The number of unbranched alkanes of at least 4 members (excludes halogenated alkanes) is 2. The van der Waals surface area contributed by atoms with Gasteiger partial charge in [-0.15, -0.1) is 0 Å². The summed E-state index contributed by atoms with van der Waals surface area (Å²) in [5.41, 5.74) is 2.22. The van der Waals surface area contributed by atoms with Gasteiger partial charge >= 0.3 is 0 Å². The number of hydrogen-bond acceptors (Lipinski definition) is 0. The van der Waals surface area contributed by atoms with Crippen LogP contribution in [0, 0.1) is 11.7 Å². The van der Waals surface area contributed by atoms with Crippen molar-refractivity contribution in [1.29, 1.82) is 0 Å². The molecule has 0 bridgehead atoms. The van der Waals surface area contributed by atoms with Gasteiger partial charge in [0, 0.05) is 17.5 Å². The SMILES string of the molecule is CCCCC(F)(F)c1ccc(-c2ccc([C@H]3CC[C@H](CCCC)CC3)cc2F)cc1. The van der Waals surface area contributed by atoms with Gasteiger partial charge in [0.05, 0.1) is 0 Å². The molecule has 164 valence electrons. The number of rotatable bonds is 9. The minimum absolute atomic E-state index is 0.0107. The van der Waals surface area contributed by atoms with Crippen molar-refractivity contribution >= 4 is 0 Å². The lowest BCUT2D eigenvalue weighted by Gasteiger charge is -2.29. The zero-order chi connectivity index (χ0) is 21.6. The van der Waals surface area contributed by atoms with Crippen molar-refractivity contribution in [2.24, 2.45) is 5.92 Å². The van der Waals surface area contributed by atoms with Crippen molar-refractivity contribution < 1.29 is 13.2 Å². The van der Waals surface area contributed by atoms with Crippen LogP contribution in [0.4, 0.5) is 13.2 Å². The molecule has 1 fully saturated rings. The fraction of sp³-hybridized carbons (Fsp3) is 0.556. The van der Waals surface area contributed by atoms with Crippen molar-refractivity contribution in [1.82, 2.24) is 0 Å². The zero-order valence-corrected chi connectivity index (χ0v) is 18.4. The summed E-state index contributed by atoms with van der Waals surface area (Å²) in [6.45, 7) is 4.14. The summed E-state index contributed by atoms with van der Waals surface area (Å²) < 4.78 is 43.4. The third kappa shape index (κ3) is 5.68. The molecule has 0 unspecified atom stereocenters. The zero-order valence-electron chi connectivity index (χ0n) is 18.4. The second kappa shape index (κ2) is 10.5. The standard InChI is InChI=1S/C27H35F3/c1-3-5-7-20-8-10-21(11-9-20)23-14-17-25(26(28)19-23)22-12-15-24(16-13-22)27(29,30)18-6-4-2/h12-17,19-21H,3-11,18H2,1-2H3/t20-,21-. The molecule has 3 rings (SSSR count). The van der Waals surface area contributed by atoms with Gasteiger partial charge in [-0.3, -0.25) is 0 Å². The highest BCUT2D eigenvalue weighted by Gasteiger charge is 2.30. The smallest absolute Gasteiger partial charge is 0.206 e. The maximum absolute atomic E-state index is 14.9. The molecular formula is C27H35F3. The highest BCUT2D eigenvalue weighted by Crippen LogP contribution is 2.39. The third-order valence-electron chi connectivity index (χ3n) is 6.74. The Bertz CT molecular complexity index is 786. The Kier molecular flexibility index (Phi) is 8.02. The predicted octanol–water partition coefficient (Wildman–Crippen LogP) is 9.24. The van der Waals surface area contributed by atoms with Gasteiger partial charge in [-0.25, -0.2) is 13.2 Å². The lowest BCUT2D eigenvalue weighted by molar-refractivity contribution is -0.0154. The van der Waals surface area contributed by atoms with Crippen LogP contribution in [-0.4, -0.2) is 0 Å². The van der Waals surface area contributed by atoms with Crippen LogP contribution in [0.15, 0.2) is 42.5 Å². The van der Waals surface area contributed by atoms with Gasteiger partial charge < -0.3 is 0 Å². The summed E-state index contributed by atoms with van der Waals surface area (Å²) in [7, 11) is 0. The molecule has 0 radical (unpaired) electrons. The molecule has 0 N–H and O–H groups in total. The van der Waals surface area contributed by atoms with E-state index < -0.39 is 5.92 Å². The van der Waals surface area contributed by atoms with Crippen LogP contribution in [0.5, 0.6) is 0 Å². The van der Waals surface area contributed by atoms with Crippen molar-refractivity contribution in [3.63, 3.8) is 0 Å². The van der Waals surface area contributed by atoms with E-state index >= 15 is 0 Å². The Balaban J connectivity index is 1.67. The van der Waals surface area contributed by atoms with Crippen molar-refractivity contribution in [3.8, 4) is 11.1 Å². The predicted molar refractivity (Wildman–Crippen MR) is 119 cm³/mol. The van der Waals surface area contributed by atoms with E-state index in [9.17, 15) is 13.2 Å². The van der Waals surface area contributed by atoms with E-state index in [2.05, 4.69) is 6.92 Å². The first-order valence-corrected chi connectivity index (χ1v) is 11.7. The van der Waals surface area contributed by atoms with Crippen molar-refractivity contribution in [2.45, 2.75) is 89.9 Å². The maximum Gasteiger partial charge on any atom is 0.273 e. The number of alkyl halides is 2. The number of benzene rings is 2. The van der Waals surface area contributed by atoms with Crippen molar-refractivity contribution in [3.05, 3.63) is 59.4 Å². The second-order valence-electron chi connectivity index (χ2n) is 8.98. The van der Waals surface area contributed by atoms with Crippen molar-refractivity contribution in [2.75, 3.05) is 0 Å². The van der Waals surface area contributed by atoms with Gasteiger partial charge in [0.15, 0.2) is 0 Å². The van der Waals surface area contributed by atoms with Gasteiger partial charge in [0.2, 0.25) is 0 Å². The molecule has 0 nitrogen and oxygen atoms in total. The first-order chi connectivity index (χ1) is 14.4. The lowest BCUT2D eigenvalue weighted by atomic mass is 9.77. The molecule has 2 aromatic rings. The summed E-state index contributed by atoms with van der Waals surface area (Å²) in [5.74, 6) is -1.82. The molecule has 1 aliphatic carbocycles. The summed E-state index contributed by atoms with van der Waals surface area (Å²) >= 11 is 0. The fourth-order valence-electron chi connectivity index (χ4n) is 4.73. The van der Waals surface area contributed by atoms with E-state index in [1.165, 1.54) is 44.2 Å². The minimum Gasteiger partial charge on any atom is -0.206 e. The van der Waals surface area contributed by atoms with Gasteiger partial charge in [-0.2, -0.15) is 0 Å². The first-order valence-electron chi connectivity index (χ1n) is 11.7. The molecule has 0 heterocycles. The van der Waals surface area contributed by atoms with Gasteiger partial charge in [-0.05, 0) is 61.1 Å². The van der Waals surface area contributed by atoms with Crippen LogP contribution in [0.25, 0.3) is 11.1 Å². The van der Waals surface area contributed by atoms with E-state index in [1.54, 1.807) is 18.2 Å². The molecule has 0 amide bonds. The monoisotopic (exact) mass is 416 g/mol. The maximum atomic E-state index is 14.9. The molecule has 0 aliphatic heterocycles. The van der Waals surface area contributed by atoms with Gasteiger partial charge in [0.25, 0.3) is 5.92 Å². The summed E-state index contributed by atoms with van der Waals surface area (Å²) in [5, 5.41) is 0. The van der Waals surface area contributed by atoms with Crippen LogP contribution in [0.3, 0.4) is 0 Å². The molecule has 0 saturated heterocycles. The van der Waals surface area contributed by atoms with E-state index in [1.807, 2.05) is 19.1 Å². The molecule has 2 aromatic carbocycles. The topological polar surface area (TPSA) is 0 Å². The highest BCUT2D eigenvalue weighted by atomic mass is 19.3. The summed E-state index contributed by atoms with van der Waals surface area (Å²) in [6.07, 6.45) is 9.71. The Morgan fingerprint density at radius 3 is 2.13 bits per heavy atom. The normalized spacial score (nSPS) is 19.8. The third-order valence-corrected chi connectivity index (χ3v) is 6.74. The van der Waals surface area contributed by atoms with Gasteiger partial charge in [-0.1, -0.05) is 75.9 Å². The largest absolute Gasteiger partial charge is 0.273 e.